The highest BCUT2D eigenvalue weighted by atomic mass is 19.4. The summed E-state index contributed by atoms with van der Waals surface area (Å²) in [7, 11) is 0. The van der Waals surface area contributed by atoms with Gasteiger partial charge >= 0.3 is 12.3 Å². The first-order chi connectivity index (χ1) is 14.5. The molecule has 0 bridgehead atoms. The topological polar surface area (TPSA) is 32.8 Å². The molecule has 3 rings (SSSR count). The average molecular weight is 435 g/mol. The number of hydrogen-bond donors (Lipinski definition) is 0. The van der Waals surface area contributed by atoms with Gasteiger partial charge in [-0.2, -0.15) is 13.2 Å². The molecule has 0 aromatic heterocycles. The fraction of sp³-hybridized carbons (Fsp3) is 0.458. The summed E-state index contributed by atoms with van der Waals surface area (Å²) in [5.74, 6) is 0. The predicted octanol–water partition coefficient (Wildman–Crippen LogP) is 5.37. The first-order valence-corrected chi connectivity index (χ1v) is 10.4. The van der Waals surface area contributed by atoms with Crippen molar-refractivity contribution in [3.63, 3.8) is 0 Å². The summed E-state index contributed by atoms with van der Waals surface area (Å²) >= 11 is 0. The molecule has 1 aliphatic rings. The summed E-state index contributed by atoms with van der Waals surface area (Å²) in [6.45, 7) is 8.05. The lowest BCUT2D eigenvalue weighted by atomic mass is 10.0. The van der Waals surface area contributed by atoms with Gasteiger partial charge in [0.15, 0.2) is 0 Å². The minimum Gasteiger partial charge on any atom is -0.444 e. The van der Waals surface area contributed by atoms with Crippen LogP contribution in [0.5, 0.6) is 0 Å². The third-order valence-corrected chi connectivity index (χ3v) is 5.20. The second kappa shape index (κ2) is 9.30. The Bertz CT molecular complexity index is 861. The van der Waals surface area contributed by atoms with Crippen LogP contribution in [0.2, 0.25) is 0 Å². The molecule has 0 radical (unpaired) electrons. The van der Waals surface area contributed by atoms with Crippen LogP contribution in [0.4, 0.5) is 18.0 Å². The Balaban J connectivity index is 1.75. The van der Waals surface area contributed by atoms with E-state index in [4.69, 9.17) is 4.74 Å². The van der Waals surface area contributed by atoms with Crippen molar-refractivity contribution in [1.29, 1.82) is 0 Å². The van der Waals surface area contributed by atoms with Crippen LogP contribution in [0.1, 0.15) is 37.5 Å². The molecule has 0 saturated carbocycles. The molecular formula is C24H29F3N2O2. The molecule has 0 spiro atoms. The molecule has 31 heavy (non-hydrogen) atoms. The van der Waals surface area contributed by atoms with E-state index in [0.29, 0.717) is 26.1 Å². The Kier molecular flexibility index (Phi) is 6.94. The van der Waals surface area contributed by atoms with Crippen molar-refractivity contribution in [2.75, 3.05) is 19.6 Å². The van der Waals surface area contributed by atoms with E-state index in [1.807, 2.05) is 39.0 Å². The van der Waals surface area contributed by atoms with Crippen molar-refractivity contribution < 1.29 is 22.7 Å². The Labute approximate surface area is 181 Å². The normalized spacial score (nSPS) is 18.1. The fourth-order valence-corrected chi connectivity index (χ4v) is 3.74. The highest BCUT2D eigenvalue weighted by molar-refractivity contribution is 5.68. The van der Waals surface area contributed by atoms with Gasteiger partial charge in [-0.25, -0.2) is 4.79 Å². The molecule has 4 nitrogen and oxygen atoms in total. The van der Waals surface area contributed by atoms with E-state index in [1.54, 1.807) is 4.90 Å². The largest absolute Gasteiger partial charge is 0.444 e. The zero-order chi connectivity index (χ0) is 22.6. The van der Waals surface area contributed by atoms with Crippen LogP contribution in [0.25, 0.3) is 0 Å². The molecule has 1 atom stereocenters. The minimum atomic E-state index is -4.36. The number of nitrogens with zero attached hydrogens (tertiary/aromatic N) is 2. The van der Waals surface area contributed by atoms with Crippen LogP contribution < -0.4 is 0 Å². The molecule has 1 amide bonds. The number of benzene rings is 2. The van der Waals surface area contributed by atoms with Crippen LogP contribution >= 0.6 is 0 Å². The predicted molar refractivity (Wildman–Crippen MR) is 114 cm³/mol. The Morgan fingerprint density at radius 1 is 0.968 bits per heavy atom. The number of rotatable bonds is 4. The molecule has 0 aliphatic carbocycles. The monoisotopic (exact) mass is 434 g/mol. The maximum atomic E-state index is 12.9. The summed E-state index contributed by atoms with van der Waals surface area (Å²) in [6.07, 6.45) is -4.29. The van der Waals surface area contributed by atoms with Crippen molar-refractivity contribution in [3.8, 4) is 0 Å². The zero-order valence-corrected chi connectivity index (χ0v) is 18.2. The van der Waals surface area contributed by atoms with Gasteiger partial charge in [0.1, 0.15) is 5.60 Å². The molecule has 0 unspecified atom stereocenters. The molecule has 1 heterocycles. The molecule has 1 saturated heterocycles. The van der Waals surface area contributed by atoms with Crippen molar-refractivity contribution in [2.45, 2.75) is 51.6 Å². The highest BCUT2D eigenvalue weighted by Crippen LogP contribution is 2.29. The Hall–Kier alpha value is -2.54. The third-order valence-electron chi connectivity index (χ3n) is 5.20. The maximum Gasteiger partial charge on any atom is 0.416 e. The van der Waals surface area contributed by atoms with E-state index in [0.717, 1.165) is 24.2 Å². The molecule has 168 valence electrons. The van der Waals surface area contributed by atoms with Gasteiger partial charge in [-0.1, -0.05) is 42.5 Å². The molecular weight excluding hydrogens is 405 g/mol. The fourth-order valence-electron chi connectivity index (χ4n) is 3.74. The van der Waals surface area contributed by atoms with Gasteiger partial charge in [-0.05, 0) is 50.5 Å². The van der Waals surface area contributed by atoms with Crippen molar-refractivity contribution >= 4 is 6.09 Å². The van der Waals surface area contributed by atoms with E-state index in [9.17, 15) is 18.0 Å². The van der Waals surface area contributed by atoms with Gasteiger partial charge in [0.25, 0.3) is 0 Å². The number of ether oxygens (including phenoxy) is 1. The number of carbonyl (C=O) groups is 1. The van der Waals surface area contributed by atoms with E-state index in [-0.39, 0.29) is 12.1 Å². The lowest BCUT2D eigenvalue weighted by Gasteiger charge is -2.42. The van der Waals surface area contributed by atoms with Gasteiger partial charge < -0.3 is 9.64 Å². The average Bonchev–Trinajstić information content (AvgIpc) is 2.67. The van der Waals surface area contributed by atoms with E-state index >= 15 is 0 Å². The number of piperazine rings is 1. The van der Waals surface area contributed by atoms with Crippen molar-refractivity contribution in [2.24, 2.45) is 0 Å². The smallest absolute Gasteiger partial charge is 0.416 e. The molecule has 1 aliphatic heterocycles. The second-order valence-corrected chi connectivity index (χ2v) is 8.95. The van der Waals surface area contributed by atoms with Crippen molar-refractivity contribution in [3.05, 3.63) is 71.3 Å². The first-order valence-electron chi connectivity index (χ1n) is 10.4. The van der Waals surface area contributed by atoms with Gasteiger partial charge in [0, 0.05) is 26.2 Å². The summed E-state index contributed by atoms with van der Waals surface area (Å²) in [6, 6.07) is 15.1. The van der Waals surface area contributed by atoms with Gasteiger partial charge in [0.05, 0.1) is 11.6 Å². The summed E-state index contributed by atoms with van der Waals surface area (Å²) in [5, 5.41) is 0. The summed E-state index contributed by atoms with van der Waals surface area (Å²) < 4.78 is 44.2. The Morgan fingerprint density at radius 2 is 1.61 bits per heavy atom. The van der Waals surface area contributed by atoms with Crippen LogP contribution in [0.3, 0.4) is 0 Å². The highest BCUT2D eigenvalue weighted by Gasteiger charge is 2.34. The molecule has 7 heteroatoms. The number of hydrogen-bond acceptors (Lipinski definition) is 3. The van der Waals surface area contributed by atoms with Gasteiger partial charge in [0.2, 0.25) is 0 Å². The molecule has 2 aromatic carbocycles. The molecule has 1 fully saturated rings. The van der Waals surface area contributed by atoms with Crippen LogP contribution in [-0.4, -0.2) is 47.2 Å². The second-order valence-electron chi connectivity index (χ2n) is 8.95. The van der Waals surface area contributed by atoms with E-state index < -0.39 is 17.3 Å². The van der Waals surface area contributed by atoms with Crippen LogP contribution in [0.15, 0.2) is 54.6 Å². The van der Waals surface area contributed by atoms with Crippen LogP contribution in [0, 0.1) is 0 Å². The first kappa shape index (κ1) is 23.1. The standard InChI is InChI=1S/C24H29F3N2O2/c1-23(2,3)31-22(30)29-14-13-28(16-19-7-5-4-6-8-19)17-21(29)15-18-9-11-20(12-10-18)24(25,26)27/h4-12,21H,13-17H2,1-3H3/t21-/m1/s1. The minimum absolute atomic E-state index is 0.191. The quantitative estimate of drug-likeness (QED) is 0.649. The van der Waals surface area contributed by atoms with E-state index in [1.165, 1.54) is 17.7 Å². The van der Waals surface area contributed by atoms with Crippen LogP contribution in [-0.2, 0) is 23.9 Å². The number of halogens is 3. The van der Waals surface area contributed by atoms with Gasteiger partial charge in [-0.3, -0.25) is 4.90 Å². The summed E-state index contributed by atoms with van der Waals surface area (Å²) in [4.78, 5) is 16.8. The van der Waals surface area contributed by atoms with Gasteiger partial charge in [-0.15, -0.1) is 0 Å². The SMILES string of the molecule is CC(C)(C)OC(=O)N1CCN(Cc2ccccc2)C[C@H]1Cc1ccc(C(F)(F)F)cc1. The zero-order valence-electron chi connectivity index (χ0n) is 18.2. The number of carbonyl (C=O) groups excluding carboxylic acids is 1. The molecule has 0 N–H and O–H groups in total. The third kappa shape index (κ3) is 6.72. The van der Waals surface area contributed by atoms with E-state index in [2.05, 4.69) is 17.0 Å². The summed E-state index contributed by atoms with van der Waals surface area (Å²) in [5.41, 5.74) is 0.654. The number of amides is 1. The maximum absolute atomic E-state index is 12.9. The number of alkyl halides is 3. The van der Waals surface area contributed by atoms with Crippen molar-refractivity contribution in [1.82, 2.24) is 9.80 Å². The molecule has 2 aromatic rings. The lowest BCUT2D eigenvalue weighted by Crippen LogP contribution is -2.56. The lowest BCUT2D eigenvalue weighted by molar-refractivity contribution is -0.137. The Morgan fingerprint density at radius 3 is 2.19 bits per heavy atom.